The zero-order valence-electron chi connectivity index (χ0n) is 13.4. The Kier molecular flexibility index (Phi) is 4.51. The van der Waals surface area contributed by atoms with Gasteiger partial charge in [0.15, 0.2) is 12.4 Å². The Morgan fingerprint density at radius 2 is 2.12 bits per heavy atom. The zero-order chi connectivity index (χ0) is 16.9. The molecular formula is C17H17N5O2. The average molecular weight is 323 g/mol. The summed E-state index contributed by atoms with van der Waals surface area (Å²) < 4.78 is 7.17. The topological polar surface area (TPSA) is 81.9 Å². The van der Waals surface area contributed by atoms with Crippen molar-refractivity contribution in [2.75, 3.05) is 11.9 Å². The van der Waals surface area contributed by atoms with E-state index >= 15 is 0 Å². The highest BCUT2D eigenvalue weighted by molar-refractivity contribution is 5.91. The van der Waals surface area contributed by atoms with Crippen LogP contribution in [-0.4, -0.2) is 32.3 Å². The van der Waals surface area contributed by atoms with Crippen LogP contribution in [0.15, 0.2) is 49.1 Å². The summed E-state index contributed by atoms with van der Waals surface area (Å²) >= 11 is 0. The molecular weight excluding hydrogens is 306 g/mol. The molecule has 0 fully saturated rings. The molecule has 7 nitrogen and oxygen atoms in total. The van der Waals surface area contributed by atoms with Gasteiger partial charge in [-0.25, -0.2) is 14.6 Å². The normalized spacial score (nSPS) is 10.4. The number of aromatic nitrogens is 4. The van der Waals surface area contributed by atoms with E-state index < -0.39 is 0 Å². The molecule has 0 aliphatic carbocycles. The predicted molar refractivity (Wildman–Crippen MR) is 89.2 cm³/mol. The molecule has 0 radical (unpaired) electrons. The van der Waals surface area contributed by atoms with Crippen molar-refractivity contribution in [3.05, 3.63) is 60.2 Å². The second-order valence-electron chi connectivity index (χ2n) is 5.32. The molecule has 0 aliphatic rings. The Balaban J connectivity index is 1.63. The van der Waals surface area contributed by atoms with E-state index in [0.717, 1.165) is 11.1 Å². The first-order chi connectivity index (χ1) is 11.6. The van der Waals surface area contributed by atoms with Crippen LogP contribution in [-0.2, 0) is 4.79 Å². The van der Waals surface area contributed by atoms with Gasteiger partial charge in [0.05, 0.1) is 0 Å². The molecule has 1 N–H and O–H groups in total. The fourth-order valence-electron chi connectivity index (χ4n) is 2.13. The Morgan fingerprint density at radius 3 is 2.92 bits per heavy atom. The lowest BCUT2D eigenvalue weighted by molar-refractivity contribution is -0.118. The smallest absolute Gasteiger partial charge is 0.263 e. The molecule has 0 unspecified atom stereocenters. The lowest BCUT2D eigenvalue weighted by Crippen LogP contribution is -2.21. The number of benzene rings is 1. The van der Waals surface area contributed by atoms with Crippen LogP contribution in [0.3, 0.4) is 0 Å². The molecule has 3 rings (SSSR count). The zero-order valence-corrected chi connectivity index (χ0v) is 13.4. The fraction of sp³-hybridized carbons (Fsp3) is 0.176. The molecule has 122 valence electrons. The lowest BCUT2D eigenvalue weighted by Gasteiger charge is -2.10. The quantitative estimate of drug-likeness (QED) is 0.779. The van der Waals surface area contributed by atoms with E-state index in [4.69, 9.17) is 4.74 Å². The third-order valence-electron chi connectivity index (χ3n) is 3.36. The lowest BCUT2D eigenvalue weighted by atomic mass is 10.1. The van der Waals surface area contributed by atoms with E-state index in [2.05, 4.69) is 20.4 Å². The van der Waals surface area contributed by atoms with Crippen molar-refractivity contribution in [1.29, 1.82) is 0 Å². The Bertz CT molecular complexity index is 846. The maximum Gasteiger partial charge on any atom is 0.263 e. The molecule has 2 heterocycles. The fourth-order valence-corrected chi connectivity index (χ4v) is 2.13. The van der Waals surface area contributed by atoms with E-state index in [0.29, 0.717) is 17.4 Å². The number of nitrogens with one attached hydrogen (secondary N) is 1. The van der Waals surface area contributed by atoms with E-state index in [1.165, 1.54) is 6.33 Å². The third kappa shape index (κ3) is 3.75. The first-order valence-corrected chi connectivity index (χ1v) is 7.44. The first-order valence-electron chi connectivity index (χ1n) is 7.44. The highest BCUT2D eigenvalue weighted by atomic mass is 16.5. The number of carbonyl (C=O) groups is 1. The van der Waals surface area contributed by atoms with E-state index in [9.17, 15) is 4.79 Å². The van der Waals surface area contributed by atoms with Crippen molar-refractivity contribution in [1.82, 2.24) is 19.7 Å². The van der Waals surface area contributed by atoms with Crippen LogP contribution in [0.4, 0.5) is 5.82 Å². The number of amides is 1. The molecule has 3 aromatic rings. The summed E-state index contributed by atoms with van der Waals surface area (Å²) in [6, 6.07) is 9.30. The number of aryl methyl sites for hydroxylation is 2. The average Bonchev–Trinajstić information content (AvgIpc) is 3.10. The van der Waals surface area contributed by atoms with Gasteiger partial charge in [-0.3, -0.25) is 4.79 Å². The predicted octanol–water partition coefficient (Wildman–Crippen LogP) is 2.30. The molecule has 2 aromatic heterocycles. The van der Waals surface area contributed by atoms with Crippen LogP contribution in [0, 0.1) is 13.8 Å². The number of anilines is 1. The van der Waals surface area contributed by atoms with Crippen molar-refractivity contribution in [3.63, 3.8) is 0 Å². The van der Waals surface area contributed by atoms with Gasteiger partial charge in [-0.15, -0.1) is 0 Å². The number of rotatable bonds is 5. The summed E-state index contributed by atoms with van der Waals surface area (Å²) in [4.78, 5) is 20.2. The maximum atomic E-state index is 12.1. The molecule has 0 atom stereocenters. The minimum atomic E-state index is -0.291. The summed E-state index contributed by atoms with van der Waals surface area (Å²) in [5.74, 6) is 1.37. The maximum absolute atomic E-state index is 12.1. The van der Waals surface area contributed by atoms with Crippen LogP contribution in [0.5, 0.6) is 5.75 Å². The number of nitrogens with zero attached hydrogens (tertiary/aromatic N) is 4. The second-order valence-corrected chi connectivity index (χ2v) is 5.32. The van der Waals surface area contributed by atoms with Crippen molar-refractivity contribution >= 4 is 11.7 Å². The Hall–Kier alpha value is -3.22. The molecule has 24 heavy (non-hydrogen) atoms. The molecule has 1 amide bonds. The summed E-state index contributed by atoms with van der Waals surface area (Å²) in [6.45, 7) is 3.82. The van der Waals surface area contributed by atoms with Gasteiger partial charge in [0.1, 0.15) is 17.9 Å². The van der Waals surface area contributed by atoms with Crippen molar-refractivity contribution in [2.24, 2.45) is 0 Å². The van der Waals surface area contributed by atoms with Gasteiger partial charge in [-0.2, -0.15) is 5.10 Å². The van der Waals surface area contributed by atoms with Crippen molar-refractivity contribution in [2.45, 2.75) is 13.8 Å². The minimum Gasteiger partial charge on any atom is -0.483 e. The summed E-state index contributed by atoms with van der Waals surface area (Å²) in [5, 5.41) is 6.78. The van der Waals surface area contributed by atoms with Gasteiger partial charge in [-0.1, -0.05) is 12.1 Å². The number of carbonyl (C=O) groups excluding carboxylic acids is 1. The van der Waals surface area contributed by atoms with Crippen LogP contribution in [0.1, 0.15) is 11.1 Å². The molecule has 7 heteroatoms. The largest absolute Gasteiger partial charge is 0.483 e. The minimum absolute atomic E-state index is 0.0919. The summed E-state index contributed by atoms with van der Waals surface area (Å²) in [7, 11) is 0. The number of hydrogen-bond acceptors (Lipinski definition) is 5. The number of hydrogen-bond donors (Lipinski definition) is 1. The van der Waals surface area contributed by atoms with Gasteiger partial charge in [0, 0.05) is 18.5 Å². The molecule has 0 bridgehead atoms. The standard InChI is InChI=1S/C17H17N5O2/c1-12-4-5-13(2)14(8-12)24-10-17(23)21-15-9-16(19-11-18-15)22-7-3-6-20-22/h3-9,11H,10H2,1-2H3,(H,18,19,21,23). The highest BCUT2D eigenvalue weighted by Gasteiger charge is 2.08. The highest BCUT2D eigenvalue weighted by Crippen LogP contribution is 2.19. The SMILES string of the molecule is Cc1ccc(C)c(OCC(=O)Nc2cc(-n3cccn3)ncn2)c1. The third-order valence-corrected chi connectivity index (χ3v) is 3.36. The van der Waals surface area contributed by atoms with Crippen LogP contribution in [0.25, 0.3) is 5.82 Å². The molecule has 0 saturated carbocycles. The molecule has 0 spiro atoms. The molecule has 1 aromatic carbocycles. The van der Waals surface area contributed by atoms with Gasteiger partial charge in [0.25, 0.3) is 5.91 Å². The monoisotopic (exact) mass is 323 g/mol. The van der Waals surface area contributed by atoms with Crippen LogP contribution >= 0.6 is 0 Å². The van der Waals surface area contributed by atoms with E-state index in [-0.39, 0.29) is 12.5 Å². The molecule has 0 aliphatic heterocycles. The second kappa shape index (κ2) is 6.91. The first kappa shape index (κ1) is 15.7. The van der Waals surface area contributed by atoms with E-state index in [1.807, 2.05) is 32.0 Å². The summed E-state index contributed by atoms with van der Waals surface area (Å²) in [5.41, 5.74) is 2.06. The summed E-state index contributed by atoms with van der Waals surface area (Å²) in [6.07, 6.45) is 4.79. The Labute approximate surface area is 139 Å². The van der Waals surface area contributed by atoms with Crippen molar-refractivity contribution in [3.8, 4) is 11.6 Å². The van der Waals surface area contributed by atoms with Gasteiger partial charge < -0.3 is 10.1 Å². The Morgan fingerprint density at radius 1 is 1.25 bits per heavy atom. The van der Waals surface area contributed by atoms with Gasteiger partial charge in [0.2, 0.25) is 0 Å². The van der Waals surface area contributed by atoms with Crippen LogP contribution in [0.2, 0.25) is 0 Å². The molecule has 0 saturated heterocycles. The van der Waals surface area contributed by atoms with Crippen molar-refractivity contribution < 1.29 is 9.53 Å². The number of ether oxygens (including phenoxy) is 1. The van der Waals surface area contributed by atoms with Gasteiger partial charge >= 0.3 is 0 Å². The van der Waals surface area contributed by atoms with Crippen LogP contribution < -0.4 is 10.1 Å². The van der Waals surface area contributed by atoms with E-state index in [1.54, 1.807) is 29.2 Å². The van der Waals surface area contributed by atoms with Gasteiger partial charge in [-0.05, 0) is 37.1 Å².